The van der Waals surface area contributed by atoms with Crippen LogP contribution in [0.4, 0.5) is 0 Å². The molecular formula is C21H25N3O2. The molecule has 0 unspecified atom stereocenters. The van der Waals surface area contributed by atoms with E-state index in [2.05, 4.69) is 33.1 Å². The molecule has 1 N–H and O–H groups in total. The molecular weight excluding hydrogens is 326 g/mol. The lowest BCUT2D eigenvalue weighted by atomic mass is 9.94. The van der Waals surface area contributed by atoms with E-state index in [1.807, 2.05) is 24.4 Å². The van der Waals surface area contributed by atoms with Crippen LogP contribution in [0.25, 0.3) is 11.0 Å². The van der Waals surface area contributed by atoms with E-state index >= 15 is 0 Å². The molecule has 1 fully saturated rings. The normalized spacial score (nSPS) is 18.2. The van der Waals surface area contributed by atoms with Crippen LogP contribution in [0.2, 0.25) is 0 Å². The Morgan fingerprint density at radius 2 is 2.12 bits per heavy atom. The second-order valence-corrected chi connectivity index (χ2v) is 6.92. The van der Waals surface area contributed by atoms with Gasteiger partial charge in [-0.1, -0.05) is 0 Å². The number of benzene rings is 1. The number of methoxy groups -OCH3 is 2. The van der Waals surface area contributed by atoms with Gasteiger partial charge in [0, 0.05) is 41.8 Å². The molecule has 136 valence electrons. The minimum atomic E-state index is 0.509. The zero-order chi connectivity index (χ0) is 17.9. The SMILES string of the molecule is COc1ccc(OC)c(CN2CCC[C@H](c3cc4cccnc4[nH]3)C2)c1. The van der Waals surface area contributed by atoms with Crippen molar-refractivity contribution >= 4 is 11.0 Å². The van der Waals surface area contributed by atoms with E-state index in [4.69, 9.17) is 9.47 Å². The Morgan fingerprint density at radius 1 is 1.19 bits per heavy atom. The van der Waals surface area contributed by atoms with Crippen LogP contribution >= 0.6 is 0 Å². The van der Waals surface area contributed by atoms with Gasteiger partial charge in [0.25, 0.3) is 0 Å². The van der Waals surface area contributed by atoms with Crippen LogP contribution < -0.4 is 9.47 Å². The summed E-state index contributed by atoms with van der Waals surface area (Å²) < 4.78 is 10.9. The Labute approximate surface area is 153 Å². The second kappa shape index (κ2) is 7.38. The Kier molecular flexibility index (Phi) is 4.80. The van der Waals surface area contributed by atoms with Crippen LogP contribution in [0, 0.1) is 0 Å². The van der Waals surface area contributed by atoms with Crippen molar-refractivity contribution in [1.29, 1.82) is 0 Å². The highest BCUT2D eigenvalue weighted by Crippen LogP contribution is 2.31. The van der Waals surface area contributed by atoms with Crippen molar-refractivity contribution < 1.29 is 9.47 Å². The number of ether oxygens (including phenoxy) is 2. The third kappa shape index (κ3) is 3.40. The summed E-state index contributed by atoms with van der Waals surface area (Å²) in [5.41, 5.74) is 3.45. The Balaban J connectivity index is 1.52. The van der Waals surface area contributed by atoms with Crippen LogP contribution in [0.5, 0.6) is 11.5 Å². The first-order valence-corrected chi connectivity index (χ1v) is 9.13. The maximum atomic E-state index is 5.54. The van der Waals surface area contributed by atoms with Crippen LogP contribution in [-0.2, 0) is 6.54 Å². The summed E-state index contributed by atoms with van der Waals surface area (Å²) in [7, 11) is 3.42. The predicted molar refractivity (Wildman–Crippen MR) is 103 cm³/mol. The third-order valence-corrected chi connectivity index (χ3v) is 5.24. The minimum Gasteiger partial charge on any atom is -0.497 e. The number of rotatable bonds is 5. The van der Waals surface area contributed by atoms with E-state index in [0.29, 0.717) is 5.92 Å². The Morgan fingerprint density at radius 3 is 2.92 bits per heavy atom. The number of H-pyrrole nitrogens is 1. The summed E-state index contributed by atoms with van der Waals surface area (Å²) in [6.07, 6.45) is 4.24. The largest absolute Gasteiger partial charge is 0.497 e. The molecule has 1 aliphatic rings. The summed E-state index contributed by atoms with van der Waals surface area (Å²) in [6.45, 7) is 3.01. The summed E-state index contributed by atoms with van der Waals surface area (Å²) >= 11 is 0. The average molecular weight is 351 g/mol. The smallest absolute Gasteiger partial charge is 0.137 e. The van der Waals surface area contributed by atoms with Crippen molar-refractivity contribution in [2.75, 3.05) is 27.3 Å². The highest BCUT2D eigenvalue weighted by molar-refractivity contribution is 5.76. The lowest BCUT2D eigenvalue weighted by molar-refractivity contribution is 0.196. The maximum Gasteiger partial charge on any atom is 0.137 e. The number of nitrogens with one attached hydrogen (secondary N) is 1. The number of aromatic amines is 1. The third-order valence-electron chi connectivity index (χ3n) is 5.24. The summed E-state index contributed by atoms with van der Waals surface area (Å²) in [4.78, 5) is 10.4. The fraction of sp³-hybridized carbons (Fsp3) is 0.381. The van der Waals surface area contributed by atoms with Gasteiger partial charge in [-0.25, -0.2) is 4.98 Å². The van der Waals surface area contributed by atoms with E-state index in [1.54, 1.807) is 14.2 Å². The molecule has 1 aliphatic heterocycles. The molecule has 4 rings (SSSR count). The Hall–Kier alpha value is -2.53. The van der Waals surface area contributed by atoms with Crippen molar-refractivity contribution in [3.8, 4) is 11.5 Å². The molecule has 3 aromatic rings. The van der Waals surface area contributed by atoms with Gasteiger partial charge in [-0.15, -0.1) is 0 Å². The number of fused-ring (bicyclic) bond motifs is 1. The van der Waals surface area contributed by atoms with Gasteiger partial charge in [-0.3, -0.25) is 4.90 Å². The standard InChI is InChI=1S/C21H25N3O2/c1-25-18-7-8-20(26-2)17(11-18)14-24-10-4-6-16(13-24)19-12-15-5-3-9-22-21(15)23-19/h3,5,7-9,11-12,16H,4,6,10,13-14H2,1-2H3,(H,22,23)/t16-/m0/s1. The summed E-state index contributed by atoms with van der Waals surface area (Å²) in [5.74, 6) is 2.30. The van der Waals surface area contributed by atoms with Crippen LogP contribution in [-0.4, -0.2) is 42.2 Å². The van der Waals surface area contributed by atoms with Crippen molar-refractivity contribution in [2.24, 2.45) is 0 Å². The van der Waals surface area contributed by atoms with Crippen molar-refractivity contribution in [3.63, 3.8) is 0 Å². The number of likely N-dealkylation sites (tertiary alicyclic amines) is 1. The monoisotopic (exact) mass is 351 g/mol. The van der Waals surface area contributed by atoms with E-state index in [-0.39, 0.29) is 0 Å². The van der Waals surface area contributed by atoms with Gasteiger partial charge >= 0.3 is 0 Å². The molecule has 5 nitrogen and oxygen atoms in total. The molecule has 2 aromatic heterocycles. The number of nitrogens with zero attached hydrogens (tertiary/aromatic N) is 2. The van der Waals surface area contributed by atoms with Crippen LogP contribution in [0.15, 0.2) is 42.6 Å². The Bertz CT molecular complexity index is 857. The van der Waals surface area contributed by atoms with Gasteiger partial charge in [0.1, 0.15) is 17.1 Å². The zero-order valence-electron chi connectivity index (χ0n) is 15.4. The van der Waals surface area contributed by atoms with Crippen molar-refractivity contribution in [2.45, 2.75) is 25.3 Å². The molecule has 26 heavy (non-hydrogen) atoms. The first-order valence-electron chi connectivity index (χ1n) is 9.13. The number of hydrogen-bond donors (Lipinski definition) is 1. The van der Waals surface area contributed by atoms with Gasteiger partial charge in [0.15, 0.2) is 0 Å². The lowest BCUT2D eigenvalue weighted by Gasteiger charge is -2.32. The zero-order valence-corrected chi connectivity index (χ0v) is 15.4. The van der Waals surface area contributed by atoms with Gasteiger partial charge in [-0.05, 0) is 55.8 Å². The number of pyridine rings is 1. The minimum absolute atomic E-state index is 0.509. The molecule has 3 heterocycles. The molecule has 0 bridgehead atoms. The van der Waals surface area contributed by atoms with Gasteiger partial charge in [0.05, 0.1) is 14.2 Å². The molecule has 0 spiro atoms. The molecule has 1 atom stereocenters. The topological polar surface area (TPSA) is 50.4 Å². The van der Waals surface area contributed by atoms with Crippen molar-refractivity contribution in [1.82, 2.24) is 14.9 Å². The van der Waals surface area contributed by atoms with E-state index < -0.39 is 0 Å². The summed E-state index contributed by atoms with van der Waals surface area (Å²) in [5, 5.41) is 1.19. The quantitative estimate of drug-likeness (QED) is 0.756. The summed E-state index contributed by atoms with van der Waals surface area (Å²) in [6, 6.07) is 12.4. The highest BCUT2D eigenvalue weighted by Gasteiger charge is 2.23. The molecule has 0 amide bonds. The molecule has 0 aliphatic carbocycles. The second-order valence-electron chi connectivity index (χ2n) is 6.92. The molecule has 5 heteroatoms. The first kappa shape index (κ1) is 16.9. The number of piperidine rings is 1. The predicted octanol–water partition coefficient (Wildman–Crippen LogP) is 3.96. The fourth-order valence-electron chi connectivity index (χ4n) is 3.90. The van der Waals surface area contributed by atoms with E-state index in [9.17, 15) is 0 Å². The molecule has 1 aromatic carbocycles. The maximum absolute atomic E-state index is 5.54. The van der Waals surface area contributed by atoms with Crippen molar-refractivity contribution in [3.05, 3.63) is 53.9 Å². The van der Waals surface area contributed by atoms with Crippen LogP contribution in [0.1, 0.15) is 30.0 Å². The molecule has 1 saturated heterocycles. The van der Waals surface area contributed by atoms with E-state index in [1.165, 1.54) is 29.5 Å². The van der Waals surface area contributed by atoms with Gasteiger partial charge < -0.3 is 14.5 Å². The first-order chi connectivity index (χ1) is 12.8. The highest BCUT2D eigenvalue weighted by atomic mass is 16.5. The van der Waals surface area contributed by atoms with Crippen LogP contribution in [0.3, 0.4) is 0 Å². The lowest BCUT2D eigenvalue weighted by Crippen LogP contribution is -2.34. The average Bonchev–Trinajstić information content (AvgIpc) is 3.12. The number of aromatic nitrogens is 2. The number of hydrogen-bond acceptors (Lipinski definition) is 4. The fourth-order valence-corrected chi connectivity index (χ4v) is 3.90. The molecule has 0 saturated carbocycles. The van der Waals surface area contributed by atoms with Gasteiger partial charge in [0.2, 0.25) is 0 Å². The molecule has 0 radical (unpaired) electrons. The van der Waals surface area contributed by atoms with E-state index in [0.717, 1.165) is 36.8 Å². The van der Waals surface area contributed by atoms with Gasteiger partial charge in [-0.2, -0.15) is 0 Å².